The van der Waals surface area contributed by atoms with Crippen LogP contribution >= 0.6 is 15.2 Å². The van der Waals surface area contributed by atoms with Crippen LogP contribution in [0.2, 0.25) is 0 Å². The summed E-state index contributed by atoms with van der Waals surface area (Å²) in [4.78, 5) is 4.05. The quantitative estimate of drug-likeness (QED) is 0.461. The number of hydrogen-bond donors (Lipinski definition) is 1. The van der Waals surface area contributed by atoms with E-state index in [4.69, 9.17) is 18.1 Å². The molecule has 10 heteroatoms. The van der Waals surface area contributed by atoms with E-state index in [1.54, 1.807) is 40.1 Å². The Balaban J connectivity index is 3.06. The summed E-state index contributed by atoms with van der Waals surface area (Å²) in [6.45, 7) is 8.02. The molecule has 0 aromatic carbocycles. The maximum Gasteiger partial charge on any atom is 0.347 e. The highest BCUT2D eigenvalue weighted by atomic mass is 31.2. The van der Waals surface area contributed by atoms with Crippen LogP contribution in [0.4, 0.5) is 0 Å². The lowest BCUT2D eigenvalue weighted by atomic mass is 10.3. The van der Waals surface area contributed by atoms with Gasteiger partial charge in [0.25, 0.3) is 0 Å². The van der Waals surface area contributed by atoms with Crippen LogP contribution in [0.5, 0.6) is 0 Å². The molecule has 8 nitrogen and oxygen atoms in total. The van der Waals surface area contributed by atoms with Crippen molar-refractivity contribution in [3.63, 3.8) is 0 Å². The van der Waals surface area contributed by atoms with Gasteiger partial charge in [-0.1, -0.05) is 6.07 Å². The first-order chi connectivity index (χ1) is 12.5. The molecular weight excluding hydrogens is 378 g/mol. The monoisotopic (exact) mass is 408 g/mol. The van der Waals surface area contributed by atoms with Crippen LogP contribution in [0, 0.1) is 0 Å². The van der Waals surface area contributed by atoms with Gasteiger partial charge < -0.3 is 23.4 Å². The summed E-state index contributed by atoms with van der Waals surface area (Å²) >= 11 is 0. The Morgan fingerprint density at radius 2 is 1.46 bits per heavy atom. The predicted octanol–water partition coefficient (Wildman–Crippen LogP) is 4.03. The Hall–Kier alpha value is -0.590. The summed E-state index contributed by atoms with van der Waals surface area (Å²) in [5.41, 5.74) is 0.941. The average Bonchev–Trinajstić information content (AvgIpc) is 2.60. The van der Waals surface area contributed by atoms with E-state index in [2.05, 4.69) is 10.3 Å². The minimum absolute atomic E-state index is 0.0868. The lowest BCUT2D eigenvalue weighted by Gasteiger charge is -2.31. The normalized spacial score (nSPS) is 12.7. The zero-order valence-corrected chi connectivity index (χ0v) is 17.7. The first kappa shape index (κ1) is 23.4. The molecule has 0 spiro atoms. The summed E-state index contributed by atoms with van der Waals surface area (Å²) in [6.07, 6.45) is 3.40. The van der Waals surface area contributed by atoms with Gasteiger partial charge in [-0.25, -0.2) is 0 Å². The Kier molecular flexibility index (Phi) is 10.8. The Morgan fingerprint density at radius 1 is 0.962 bits per heavy atom. The molecule has 0 amide bonds. The van der Waals surface area contributed by atoms with Crippen molar-refractivity contribution >= 4 is 15.2 Å². The molecule has 0 aliphatic carbocycles. The molecular formula is C16H30N2O6P2. The summed E-state index contributed by atoms with van der Waals surface area (Å²) < 4.78 is 48.3. The molecule has 26 heavy (non-hydrogen) atoms. The summed E-state index contributed by atoms with van der Waals surface area (Å²) in [6, 6.07) is 3.73. The molecule has 1 heterocycles. The highest BCUT2D eigenvalue weighted by Gasteiger charge is 2.50. The van der Waals surface area contributed by atoms with Crippen LogP contribution < -0.4 is 5.32 Å². The average molecular weight is 408 g/mol. The van der Waals surface area contributed by atoms with E-state index in [0.717, 1.165) is 5.56 Å². The van der Waals surface area contributed by atoms with E-state index < -0.39 is 20.6 Å². The van der Waals surface area contributed by atoms with E-state index in [-0.39, 0.29) is 33.0 Å². The maximum absolute atomic E-state index is 13.3. The number of rotatable bonds is 14. The summed E-state index contributed by atoms with van der Waals surface area (Å²) in [7, 11) is -7.45. The second kappa shape index (κ2) is 12.0. The van der Waals surface area contributed by atoms with Gasteiger partial charge in [-0.15, -0.1) is 0 Å². The van der Waals surface area contributed by atoms with Crippen LogP contribution in [-0.4, -0.2) is 43.4 Å². The first-order valence-electron chi connectivity index (χ1n) is 8.82. The van der Waals surface area contributed by atoms with Crippen LogP contribution in [0.25, 0.3) is 0 Å². The molecule has 0 fully saturated rings. The minimum Gasteiger partial charge on any atom is -0.311 e. The van der Waals surface area contributed by atoms with Gasteiger partial charge in [0.15, 0.2) is 5.40 Å². The van der Waals surface area contributed by atoms with Crippen LogP contribution in [0.15, 0.2) is 24.5 Å². The van der Waals surface area contributed by atoms with Gasteiger partial charge in [0.2, 0.25) is 0 Å². The summed E-state index contributed by atoms with van der Waals surface area (Å²) in [5.74, 6) is 0. The van der Waals surface area contributed by atoms with Crippen LogP contribution in [-0.2, 0) is 33.8 Å². The fourth-order valence-corrected chi connectivity index (χ4v) is 7.55. The molecule has 0 aliphatic rings. The van der Waals surface area contributed by atoms with Gasteiger partial charge in [0.1, 0.15) is 0 Å². The smallest absolute Gasteiger partial charge is 0.311 e. The van der Waals surface area contributed by atoms with Gasteiger partial charge >= 0.3 is 15.2 Å². The molecule has 1 aromatic rings. The fraction of sp³-hybridized carbons (Fsp3) is 0.688. The fourth-order valence-electron chi connectivity index (χ4n) is 2.38. The molecule has 1 N–H and O–H groups in total. The van der Waals surface area contributed by atoms with E-state index >= 15 is 0 Å². The van der Waals surface area contributed by atoms with Crippen LogP contribution in [0.1, 0.15) is 33.3 Å². The number of aromatic nitrogens is 1. The second-order valence-corrected chi connectivity index (χ2v) is 10.1. The van der Waals surface area contributed by atoms with Gasteiger partial charge in [-0.3, -0.25) is 14.1 Å². The van der Waals surface area contributed by atoms with E-state index in [1.807, 2.05) is 12.1 Å². The summed E-state index contributed by atoms with van der Waals surface area (Å²) in [5, 5.41) is 2.08. The molecule has 0 saturated carbocycles. The predicted molar refractivity (Wildman–Crippen MR) is 101 cm³/mol. The molecule has 0 saturated heterocycles. The van der Waals surface area contributed by atoms with E-state index in [1.165, 1.54) is 0 Å². The third kappa shape index (κ3) is 6.86. The lowest BCUT2D eigenvalue weighted by Crippen LogP contribution is -2.30. The highest BCUT2D eigenvalue weighted by molar-refractivity contribution is 7.72. The molecule has 0 radical (unpaired) electrons. The molecule has 0 aliphatic heterocycles. The van der Waals surface area contributed by atoms with Crippen molar-refractivity contribution in [1.29, 1.82) is 0 Å². The Labute approximate surface area is 156 Å². The third-order valence-electron chi connectivity index (χ3n) is 3.35. The van der Waals surface area contributed by atoms with Gasteiger partial charge in [-0.05, 0) is 39.3 Å². The number of hydrogen-bond acceptors (Lipinski definition) is 8. The van der Waals surface area contributed by atoms with Gasteiger partial charge in [0.05, 0.1) is 26.4 Å². The zero-order chi connectivity index (χ0) is 19.5. The SMILES string of the molecule is CCOP(=O)(OCC)C(CNCc1cccnc1)P(=O)(OCC)OCC. The molecule has 0 bridgehead atoms. The molecule has 1 aromatic heterocycles. The maximum atomic E-state index is 13.3. The Morgan fingerprint density at radius 3 is 1.85 bits per heavy atom. The second-order valence-electron chi connectivity index (χ2n) is 5.22. The molecule has 0 atom stereocenters. The van der Waals surface area contributed by atoms with Gasteiger partial charge in [-0.2, -0.15) is 0 Å². The molecule has 1 rings (SSSR count). The zero-order valence-electron chi connectivity index (χ0n) is 15.9. The van der Waals surface area contributed by atoms with Crippen molar-refractivity contribution in [2.45, 2.75) is 39.6 Å². The molecule has 150 valence electrons. The largest absolute Gasteiger partial charge is 0.347 e. The number of nitrogens with one attached hydrogen (secondary N) is 1. The number of nitrogens with zero attached hydrogens (tertiary/aromatic N) is 1. The van der Waals surface area contributed by atoms with E-state index in [9.17, 15) is 9.13 Å². The topological polar surface area (TPSA) is 96.0 Å². The Bertz CT molecular complexity index is 552. The van der Waals surface area contributed by atoms with Crippen LogP contribution in [0.3, 0.4) is 0 Å². The van der Waals surface area contributed by atoms with Crippen molar-refractivity contribution < 1.29 is 27.2 Å². The first-order valence-corrected chi connectivity index (χ1v) is 12.0. The lowest BCUT2D eigenvalue weighted by molar-refractivity contribution is 0.194. The van der Waals surface area contributed by atoms with Crippen molar-refractivity contribution in [2.75, 3.05) is 33.0 Å². The van der Waals surface area contributed by atoms with Crippen molar-refractivity contribution in [1.82, 2.24) is 10.3 Å². The number of pyridine rings is 1. The molecule has 0 unspecified atom stereocenters. The van der Waals surface area contributed by atoms with Gasteiger partial charge in [0, 0.05) is 25.5 Å². The third-order valence-corrected chi connectivity index (χ3v) is 9.34. The standard InChI is InChI=1S/C16H30N2O6P2/c1-5-21-25(19,22-6-2)16(26(20,23-7-3)24-8-4)14-18-13-15-10-9-11-17-12-15/h9-12,16,18H,5-8,13-14H2,1-4H3. The van der Waals surface area contributed by atoms with E-state index in [0.29, 0.717) is 6.54 Å². The minimum atomic E-state index is -3.72. The van der Waals surface area contributed by atoms with Crippen molar-refractivity contribution in [3.05, 3.63) is 30.1 Å². The highest BCUT2D eigenvalue weighted by Crippen LogP contribution is 2.70. The van der Waals surface area contributed by atoms with Crippen molar-refractivity contribution in [2.24, 2.45) is 0 Å². The van der Waals surface area contributed by atoms with Crippen molar-refractivity contribution in [3.8, 4) is 0 Å².